The Morgan fingerprint density at radius 2 is 1.97 bits per heavy atom. The zero-order valence-corrected chi connectivity index (χ0v) is 18.1. The van der Waals surface area contributed by atoms with Crippen LogP contribution in [0.3, 0.4) is 0 Å². The molecule has 1 N–H and O–H groups in total. The number of aromatic nitrogens is 2. The number of rotatable bonds is 10. The molecule has 162 valence electrons. The molecule has 0 fully saturated rings. The second kappa shape index (κ2) is 10.9. The first-order valence-electron chi connectivity index (χ1n) is 10.9. The summed E-state index contributed by atoms with van der Waals surface area (Å²) >= 11 is 0. The molecule has 0 spiro atoms. The van der Waals surface area contributed by atoms with Crippen molar-refractivity contribution in [1.82, 2.24) is 20.0 Å². The Kier molecular flexibility index (Phi) is 8.02. The SMILES string of the molecule is CCN(CCCNC(=O)CCC(=O)N1CCCn2nc(C)cc21)Cc1ccccc1. The van der Waals surface area contributed by atoms with E-state index < -0.39 is 0 Å². The average molecular weight is 412 g/mol. The van der Waals surface area contributed by atoms with Crippen LogP contribution in [0, 0.1) is 6.92 Å². The maximum Gasteiger partial charge on any atom is 0.228 e. The molecule has 0 aliphatic carbocycles. The fourth-order valence-electron chi connectivity index (χ4n) is 3.82. The molecular weight excluding hydrogens is 378 g/mol. The molecule has 3 rings (SSSR count). The second-order valence-corrected chi connectivity index (χ2v) is 7.82. The molecule has 0 unspecified atom stereocenters. The molecule has 0 saturated carbocycles. The number of aryl methyl sites for hydroxylation is 2. The lowest BCUT2D eigenvalue weighted by Crippen LogP contribution is -2.38. The molecular formula is C23H33N5O2. The highest BCUT2D eigenvalue weighted by Crippen LogP contribution is 2.22. The summed E-state index contributed by atoms with van der Waals surface area (Å²) < 4.78 is 1.88. The van der Waals surface area contributed by atoms with Crippen LogP contribution in [0.4, 0.5) is 5.82 Å². The molecule has 1 aliphatic rings. The van der Waals surface area contributed by atoms with Crippen LogP contribution in [-0.2, 0) is 22.7 Å². The molecule has 0 radical (unpaired) electrons. The van der Waals surface area contributed by atoms with Gasteiger partial charge >= 0.3 is 0 Å². The first-order chi connectivity index (χ1) is 14.6. The molecule has 7 heteroatoms. The van der Waals surface area contributed by atoms with Gasteiger partial charge in [0.2, 0.25) is 11.8 Å². The third-order valence-electron chi connectivity index (χ3n) is 5.45. The highest BCUT2D eigenvalue weighted by Gasteiger charge is 2.24. The summed E-state index contributed by atoms with van der Waals surface area (Å²) in [5, 5.41) is 7.37. The van der Waals surface area contributed by atoms with Crippen molar-refractivity contribution in [1.29, 1.82) is 0 Å². The summed E-state index contributed by atoms with van der Waals surface area (Å²) in [6.45, 7) is 9.08. The van der Waals surface area contributed by atoms with E-state index in [0.717, 1.165) is 50.5 Å². The third kappa shape index (κ3) is 6.16. The number of carbonyl (C=O) groups excluding carboxylic acids is 2. The lowest BCUT2D eigenvalue weighted by molar-refractivity contribution is -0.125. The molecule has 2 heterocycles. The average Bonchev–Trinajstić information content (AvgIpc) is 3.15. The van der Waals surface area contributed by atoms with E-state index in [4.69, 9.17) is 0 Å². The van der Waals surface area contributed by atoms with Crippen LogP contribution < -0.4 is 10.2 Å². The molecule has 7 nitrogen and oxygen atoms in total. The minimum atomic E-state index is -0.0591. The lowest BCUT2D eigenvalue weighted by Gasteiger charge is -2.27. The molecule has 1 aromatic carbocycles. The van der Waals surface area contributed by atoms with Gasteiger partial charge in [0.1, 0.15) is 5.82 Å². The molecule has 1 aliphatic heterocycles. The highest BCUT2D eigenvalue weighted by molar-refractivity contribution is 5.95. The van der Waals surface area contributed by atoms with Crippen LogP contribution in [0.5, 0.6) is 0 Å². The van der Waals surface area contributed by atoms with Gasteiger partial charge in [0.15, 0.2) is 0 Å². The van der Waals surface area contributed by atoms with E-state index in [-0.39, 0.29) is 24.7 Å². The number of hydrogen-bond acceptors (Lipinski definition) is 4. The number of benzene rings is 1. The Morgan fingerprint density at radius 1 is 1.17 bits per heavy atom. The van der Waals surface area contributed by atoms with Crippen molar-refractivity contribution in [2.24, 2.45) is 0 Å². The molecule has 1 aromatic heterocycles. The van der Waals surface area contributed by atoms with E-state index in [1.54, 1.807) is 4.90 Å². The summed E-state index contributed by atoms with van der Waals surface area (Å²) in [6, 6.07) is 12.4. The standard InChI is InChI=1S/C23H33N5O2/c1-3-26(18-20-9-5-4-6-10-20)14-7-13-24-21(29)11-12-23(30)27-15-8-16-28-22(27)17-19(2)25-28/h4-6,9-10,17H,3,7-8,11-16,18H2,1-2H3,(H,24,29). The van der Waals surface area contributed by atoms with Gasteiger partial charge in [-0.15, -0.1) is 0 Å². The fraction of sp³-hybridized carbons (Fsp3) is 0.522. The topological polar surface area (TPSA) is 70.5 Å². The first-order valence-corrected chi connectivity index (χ1v) is 10.9. The van der Waals surface area contributed by atoms with E-state index >= 15 is 0 Å². The highest BCUT2D eigenvalue weighted by atomic mass is 16.2. The minimum Gasteiger partial charge on any atom is -0.356 e. The Balaban J connectivity index is 1.34. The third-order valence-corrected chi connectivity index (χ3v) is 5.45. The van der Waals surface area contributed by atoms with Crippen LogP contribution in [-0.4, -0.2) is 52.7 Å². The summed E-state index contributed by atoms with van der Waals surface area (Å²) in [7, 11) is 0. The maximum atomic E-state index is 12.6. The van der Waals surface area contributed by atoms with E-state index in [1.807, 2.05) is 23.7 Å². The second-order valence-electron chi connectivity index (χ2n) is 7.82. The van der Waals surface area contributed by atoms with E-state index in [1.165, 1.54) is 5.56 Å². The van der Waals surface area contributed by atoms with E-state index in [9.17, 15) is 9.59 Å². The van der Waals surface area contributed by atoms with Gasteiger partial charge in [0, 0.05) is 51.6 Å². The van der Waals surface area contributed by atoms with E-state index in [0.29, 0.717) is 13.1 Å². The minimum absolute atomic E-state index is 0.00832. The van der Waals surface area contributed by atoms with Crippen molar-refractivity contribution >= 4 is 17.6 Å². The predicted molar refractivity (Wildman–Crippen MR) is 118 cm³/mol. The number of nitrogens with one attached hydrogen (secondary N) is 1. The van der Waals surface area contributed by atoms with Crippen molar-refractivity contribution in [3.05, 3.63) is 47.7 Å². The Labute approximate surface area is 179 Å². The van der Waals surface area contributed by atoms with Crippen molar-refractivity contribution in [3.8, 4) is 0 Å². The summed E-state index contributed by atoms with van der Waals surface area (Å²) in [5.41, 5.74) is 2.21. The van der Waals surface area contributed by atoms with Gasteiger partial charge in [-0.1, -0.05) is 37.3 Å². The monoisotopic (exact) mass is 411 g/mol. The van der Waals surface area contributed by atoms with Crippen molar-refractivity contribution in [3.63, 3.8) is 0 Å². The van der Waals surface area contributed by atoms with E-state index in [2.05, 4.69) is 46.5 Å². The van der Waals surface area contributed by atoms with Crippen molar-refractivity contribution in [2.75, 3.05) is 31.1 Å². The normalized spacial score (nSPS) is 13.4. The Morgan fingerprint density at radius 3 is 2.73 bits per heavy atom. The van der Waals surface area contributed by atoms with Gasteiger partial charge in [-0.25, -0.2) is 4.68 Å². The molecule has 30 heavy (non-hydrogen) atoms. The van der Waals surface area contributed by atoms with Gasteiger partial charge in [-0.05, 0) is 31.9 Å². The Bertz CT molecular complexity index is 833. The molecule has 0 bridgehead atoms. The quantitative estimate of drug-likeness (QED) is 0.611. The van der Waals surface area contributed by atoms with Crippen LogP contribution in [0.1, 0.15) is 43.9 Å². The molecule has 0 saturated heterocycles. The van der Waals surface area contributed by atoms with Crippen LogP contribution in [0.15, 0.2) is 36.4 Å². The smallest absolute Gasteiger partial charge is 0.228 e. The van der Waals surface area contributed by atoms with Crippen LogP contribution in [0.2, 0.25) is 0 Å². The number of anilines is 1. The Hall–Kier alpha value is -2.67. The van der Waals surface area contributed by atoms with Gasteiger partial charge < -0.3 is 5.32 Å². The van der Waals surface area contributed by atoms with Crippen molar-refractivity contribution in [2.45, 2.75) is 52.6 Å². The summed E-state index contributed by atoms with van der Waals surface area (Å²) in [5.74, 6) is 0.782. The predicted octanol–water partition coefficient (Wildman–Crippen LogP) is 2.74. The number of fused-ring (bicyclic) bond motifs is 1. The van der Waals surface area contributed by atoms with Gasteiger partial charge in [-0.2, -0.15) is 5.10 Å². The van der Waals surface area contributed by atoms with Gasteiger partial charge in [0.05, 0.1) is 5.69 Å². The zero-order valence-electron chi connectivity index (χ0n) is 18.1. The van der Waals surface area contributed by atoms with Crippen molar-refractivity contribution < 1.29 is 9.59 Å². The zero-order chi connectivity index (χ0) is 21.3. The number of hydrogen-bond donors (Lipinski definition) is 1. The largest absolute Gasteiger partial charge is 0.356 e. The number of nitrogens with zero attached hydrogens (tertiary/aromatic N) is 4. The molecule has 0 atom stereocenters. The van der Waals surface area contributed by atoms with Crippen LogP contribution >= 0.6 is 0 Å². The summed E-state index contributed by atoms with van der Waals surface area (Å²) in [4.78, 5) is 28.9. The number of amides is 2. The fourth-order valence-corrected chi connectivity index (χ4v) is 3.82. The molecule has 2 amide bonds. The number of carbonyl (C=O) groups is 2. The first kappa shape index (κ1) is 22.0. The maximum absolute atomic E-state index is 12.6. The molecule has 2 aromatic rings. The van der Waals surface area contributed by atoms with Gasteiger partial charge in [0.25, 0.3) is 0 Å². The summed E-state index contributed by atoms with van der Waals surface area (Å²) in [6.07, 6.45) is 2.24. The lowest BCUT2D eigenvalue weighted by atomic mass is 10.2. The van der Waals surface area contributed by atoms with Gasteiger partial charge in [-0.3, -0.25) is 19.4 Å². The van der Waals surface area contributed by atoms with Crippen LogP contribution in [0.25, 0.3) is 0 Å².